The molecule has 1 amide bonds. The zero-order valence-corrected chi connectivity index (χ0v) is 14.0. The number of hydrogen-bond acceptors (Lipinski definition) is 4. The molecular weight excluding hydrogens is 318 g/mol. The number of carbonyl (C=O) groups is 1. The molecule has 3 aromatic heterocycles. The summed E-state index contributed by atoms with van der Waals surface area (Å²) in [7, 11) is 0. The van der Waals surface area contributed by atoms with E-state index in [1.807, 2.05) is 24.0 Å². The van der Waals surface area contributed by atoms with Gasteiger partial charge < -0.3 is 4.90 Å². The molecule has 25 heavy (non-hydrogen) atoms. The summed E-state index contributed by atoms with van der Waals surface area (Å²) in [6, 6.07) is 8.86. The van der Waals surface area contributed by atoms with Crippen molar-refractivity contribution in [1.29, 1.82) is 0 Å². The largest absolute Gasteiger partial charge is 0.337 e. The van der Waals surface area contributed by atoms with Crippen molar-refractivity contribution in [1.82, 2.24) is 24.5 Å². The van der Waals surface area contributed by atoms with E-state index in [2.05, 4.69) is 15.1 Å². The van der Waals surface area contributed by atoms with Crippen LogP contribution in [0.3, 0.4) is 0 Å². The van der Waals surface area contributed by atoms with E-state index < -0.39 is 0 Å². The number of likely N-dealkylation sites (tertiary alicyclic amines) is 1. The molecule has 0 aromatic carbocycles. The first-order valence-electron chi connectivity index (χ1n) is 8.42. The Morgan fingerprint density at radius 1 is 1.20 bits per heavy atom. The molecule has 1 aliphatic rings. The second-order valence-corrected chi connectivity index (χ2v) is 6.41. The molecule has 1 aliphatic heterocycles. The van der Waals surface area contributed by atoms with Gasteiger partial charge in [-0.15, -0.1) is 0 Å². The number of amides is 1. The Morgan fingerprint density at radius 2 is 2.00 bits per heavy atom. The quantitative estimate of drug-likeness (QED) is 0.772. The van der Waals surface area contributed by atoms with Crippen molar-refractivity contribution in [2.45, 2.75) is 25.7 Å². The lowest BCUT2D eigenvalue weighted by atomic mass is 9.93. The summed E-state index contributed by atoms with van der Waals surface area (Å²) < 4.78 is 1.42. The summed E-state index contributed by atoms with van der Waals surface area (Å²) in [5.41, 5.74) is 2.66. The van der Waals surface area contributed by atoms with Crippen LogP contribution in [-0.2, 0) is 0 Å². The van der Waals surface area contributed by atoms with Crippen molar-refractivity contribution < 1.29 is 4.79 Å². The lowest BCUT2D eigenvalue weighted by Gasteiger charge is -2.31. The van der Waals surface area contributed by atoms with Gasteiger partial charge in [-0.05, 0) is 31.9 Å². The highest BCUT2D eigenvalue weighted by Crippen LogP contribution is 2.27. The minimum absolute atomic E-state index is 0.0312. The average molecular weight is 337 g/mol. The van der Waals surface area contributed by atoms with Crippen LogP contribution in [0.1, 0.15) is 40.6 Å². The molecule has 4 rings (SSSR count). The maximum atomic E-state index is 12.6. The van der Waals surface area contributed by atoms with Crippen LogP contribution in [0.15, 0.2) is 41.3 Å². The molecule has 128 valence electrons. The van der Waals surface area contributed by atoms with Crippen LogP contribution in [-0.4, -0.2) is 43.5 Å². The van der Waals surface area contributed by atoms with E-state index in [9.17, 15) is 9.59 Å². The SMILES string of the molecule is Cc1cccc(C(=O)N2CCC(c3cc(=O)n4[nH]ccc4n3)CC2)n1. The van der Waals surface area contributed by atoms with E-state index in [4.69, 9.17) is 0 Å². The monoisotopic (exact) mass is 337 g/mol. The normalized spacial score (nSPS) is 15.6. The zero-order chi connectivity index (χ0) is 17.4. The predicted octanol–water partition coefficient (Wildman–Crippen LogP) is 1.75. The molecular formula is C18H19N5O2. The summed E-state index contributed by atoms with van der Waals surface area (Å²) in [5, 5.41) is 2.84. The summed E-state index contributed by atoms with van der Waals surface area (Å²) in [5.74, 6) is 0.165. The maximum Gasteiger partial charge on any atom is 0.272 e. The minimum atomic E-state index is -0.104. The predicted molar refractivity (Wildman–Crippen MR) is 92.7 cm³/mol. The van der Waals surface area contributed by atoms with Crippen molar-refractivity contribution in [2.75, 3.05) is 13.1 Å². The first-order chi connectivity index (χ1) is 12.1. The van der Waals surface area contributed by atoms with E-state index >= 15 is 0 Å². The fraction of sp³-hybridized carbons (Fsp3) is 0.333. The van der Waals surface area contributed by atoms with Crippen LogP contribution in [0.25, 0.3) is 5.65 Å². The first kappa shape index (κ1) is 15.6. The first-order valence-corrected chi connectivity index (χ1v) is 8.42. The van der Waals surface area contributed by atoms with Gasteiger partial charge in [0.15, 0.2) is 5.65 Å². The number of piperidine rings is 1. The maximum absolute atomic E-state index is 12.6. The van der Waals surface area contributed by atoms with Crippen LogP contribution in [0.2, 0.25) is 0 Å². The third kappa shape index (κ3) is 2.93. The molecule has 1 fully saturated rings. The van der Waals surface area contributed by atoms with Crippen molar-refractivity contribution in [3.8, 4) is 0 Å². The molecule has 0 bridgehead atoms. The number of aryl methyl sites for hydroxylation is 1. The van der Waals surface area contributed by atoms with Gasteiger partial charge in [-0.2, -0.15) is 0 Å². The Hall–Kier alpha value is -2.96. The molecule has 0 atom stereocenters. The molecule has 7 heteroatoms. The van der Waals surface area contributed by atoms with Gasteiger partial charge in [-0.1, -0.05) is 6.07 Å². The molecule has 1 saturated heterocycles. The number of hydrogen-bond donors (Lipinski definition) is 1. The van der Waals surface area contributed by atoms with Gasteiger partial charge in [-0.3, -0.25) is 14.7 Å². The fourth-order valence-electron chi connectivity index (χ4n) is 3.36. The Kier molecular flexibility index (Phi) is 3.83. The summed E-state index contributed by atoms with van der Waals surface area (Å²) >= 11 is 0. The van der Waals surface area contributed by atoms with Crippen molar-refractivity contribution >= 4 is 11.6 Å². The van der Waals surface area contributed by atoms with Crippen LogP contribution >= 0.6 is 0 Å². The lowest BCUT2D eigenvalue weighted by molar-refractivity contribution is 0.0706. The van der Waals surface area contributed by atoms with Gasteiger partial charge in [0.05, 0.1) is 5.69 Å². The Morgan fingerprint density at radius 3 is 2.76 bits per heavy atom. The molecule has 7 nitrogen and oxygen atoms in total. The Labute approximate surface area is 144 Å². The number of carbonyl (C=O) groups excluding carboxylic acids is 1. The highest BCUT2D eigenvalue weighted by molar-refractivity contribution is 5.92. The Bertz CT molecular complexity index is 982. The molecule has 3 aromatic rings. The van der Waals surface area contributed by atoms with E-state index in [0.29, 0.717) is 24.4 Å². The molecule has 0 aliphatic carbocycles. The molecule has 4 heterocycles. The molecule has 0 unspecified atom stereocenters. The summed E-state index contributed by atoms with van der Waals surface area (Å²) in [6.07, 6.45) is 3.29. The number of aromatic nitrogens is 4. The summed E-state index contributed by atoms with van der Waals surface area (Å²) in [4.78, 5) is 35.4. The van der Waals surface area contributed by atoms with Gasteiger partial charge in [0, 0.05) is 43.0 Å². The second-order valence-electron chi connectivity index (χ2n) is 6.41. The topological polar surface area (TPSA) is 83.4 Å². The summed E-state index contributed by atoms with van der Waals surface area (Å²) in [6.45, 7) is 3.17. The number of rotatable bonds is 2. The van der Waals surface area contributed by atoms with Gasteiger partial charge in [-0.25, -0.2) is 14.5 Å². The van der Waals surface area contributed by atoms with E-state index in [0.717, 1.165) is 24.2 Å². The van der Waals surface area contributed by atoms with Gasteiger partial charge in [0.2, 0.25) is 0 Å². The van der Waals surface area contributed by atoms with Gasteiger partial charge in [0.25, 0.3) is 11.5 Å². The van der Waals surface area contributed by atoms with Crippen LogP contribution in [0.5, 0.6) is 0 Å². The number of nitrogens with zero attached hydrogens (tertiary/aromatic N) is 4. The van der Waals surface area contributed by atoms with Crippen molar-refractivity contribution in [3.05, 3.63) is 64.0 Å². The van der Waals surface area contributed by atoms with Crippen molar-refractivity contribution in [3.63, 3.8) is 0 Å². The van der Waals surface area contributed by atoms with Crippen LogP contribution < -0.4 is 5.56 Å². The lowest BCUT2D eigenvalue weighted by Crippen LogP contribution is -2.38. The number of aromatic amines is 1. The third-order valence-corrected chi connectivity index (χ3v) is 4.71. The highest BCUT2D eigenvalue weighted by Gasteiger charge is 2.26. The smallest absolute Gasteiger partial charge is 0.272 e. The zero-order valence-electron chi connectivity index (χ0n) is 14.0. The van der Waals surface area contributed by atoms with Crippen molar-refractivity contribution in [2.24, 2.45) is 0 Å². The van der Waals surface area contributed by atoms with Crippen LogP contribution in [0.4, 0.5) is 0 Å². The molecule has 0 radical (unpaired) electrons. The third-order valence-electron chi connectivity index (χ3n) is 4.71. The molecule has 1 N–H and O–H groups in total. The van der Waals surface area contributed by atoms with Gasteiger partial charge in [0.1, 0.15) is 5.69 Å². The fourth-order valence-corrected chi connectivity index (χ4v) is 3.36. The number of nitrogens with one attached hydrogen (secondary N) is 1. The van der Waals surface area contributed by atoms with E-state index in [1.165, 1.54) is 4.52 Å². The molecule has 0 spiro atoms. The second kappa shape index (κ2) is 6.16. The number of pyridine rings is 1. The van der Waals surface area contributed by atoms with E-state index in [-0.39, 0.29) is 17.4 Å². The number of fused-ring (bicyclic) bond motifs is 1. The van der Waals surface area contributed by atoms with Crippen LogP contribution in [0, 0.1) is 6.92 Å². The Balaban J connectivity index is 1.49. The van der Waals surface area contributed by atoms with E-state index in [1.54, 1.807) is 24.4 Å². The molecule has 0 saturated carbocycles. The highest BCUT2D eigenvalue weighted by atomic mass is 16.2. The standard InChI is InChI=1S/C18H19N5O2/c1-12-3-2-4-14(20-12)18(25)22-9-6-13(7-10-22)15-11-17(24)23-16(21-15)5-8-19-23/h2-5,8,11,13,19H,6-7,9-10H2,1H3. The number of H-pyrrole nitrogens is 1. The average Bonchev–Trinajstić information content (AvgIpc) is 3.10. The minimum Gasteiger partial charge on any atom is -0.337 e. The van der Waals surface area contributed by atoms with Gasteiger partial charge >= 0.3 is 0 Å².